The molecule has 90 valence electrons. The lowest BCUT2D eigenvalue weighted by atomic mass is 10.0. The fourth-order valence-corrected chi connectivity index (χ4v) is 2.69. The zero-order valence-corrected chi connectivity index (χ0v) is 9.43. The van der Waals surface area contributed by atoms with Crippen molar-refractivity contribution >= 4 is 5.91 Å². The van der Waals surface area contributed by atoms with E-state index < -0.39 is 6.23 Å². The van der Waals surface area contributed by atoms with E-state index in [9.17, 15) is 9.90 Å². The molecule has 1 aromatic rings. The molecule has 1 aliphatic carbocycles. The van der Waals surface area contributed by atoms with Gasteiger partial charge in [-0.05, 0) is 25.3 Å². The summed E-state index contributed by atoms with van der Waals surface area (Å²) in [5.41, 5.74) is 0.631. The number of phenols is 1. The van der Waals surface area contributed by atoms with Crippen LogP contribution in [0, 0.1) is 5.92 Å². The van der Waals surface area contributed by atoms with Gasteiger partial charge in [-0.2, -0.15) is 0 Å². The van der Waals surface area contributed by atoms with Crippen LogP contribution in [-0.4, -0.2) is 17.1 Å². The molecule has 17 heavy (non-hydrogen) atoms. The van der Waals surface area contributed by atoms with Crippen molar-refractivity contribution in [3.63, 3.8) is 0 Å². The molecule has 1 aliphatic heterocycles. The fraction of sp³-hybridized carbons (Fsp3) is 0.462. The predicted molar refractivity (Wildman–Crippen MR) is 61.2 cm³/mol. The van der Waals surface area contributed by atoms with E-state index in [4.69, 9.17) is 4.74 Å². The highest BCUT2D eigenvalue weighted by Crippen LogP contribution is 2.37. The summed E-state index contributed by atoms with van der Waals surface area (Å²) in [6.07, 6.45) is 2.37. The van der Waals surface area contributed by atoms with E-state index in [1.165, 1.54) is 0 Å². The molecule has 0 unspecified atom stereocenters. The van der Waals surface area contributed by atoms with E-state index >= 15 is 0 Å². The van der Waals surface area contributed by atoms with Crippen LogP contribution in [0.4, 0.5) is 0 Å². The van der Waals surface area contributed by atoms with Crippen LogP contribution in [0.25, 0.3) is 0 Å². The molecule has 1 saturated heterocycles. The van der Waals surface area contributed by atoms with E-state index in [-0.39, 0.29) is 23.7 Å². The van der Waals surface area contributed by atoms with Crippen molar-refractivity contribution in [2.75, 3.05) is 0 Å². The zero-order chi connectivity index (χ0) is 11.8. The van der Waals surface area contributed by atoms with Crippen molar-refractivity contribution in [3.8, 4) is 5.75 Å². The molecule has 3 atom stereocenters. The summed E-state index contributed by atoms with van der Waals surface area (Å²) in [6, 6.07) is 6.95. The molecule has 1 saturated carbocycles. The van der Waals surface area contributed by atoms with Gasteiger partial charge in [0.25, 0.3) is 0 Å². The van der Waals surface area contributed by atoms with Crippen molar-refractivity contribution in [3.05, 3.63) is 29.8 Å². The minimum Gasteiger partial charge on any atom is -0.507 e. The van der Waals surface area contributed by atoms with Gasteiger partial charge in [0, 0.05) is 5.56 Å². The first-order valence-electron chi connectivity index (χ1n) is 5.99. The monoisotopic (exact) mass is 233 g/mol. The van der Waals surface area contributed by atoms with Crippen molar-refractivity contribution in [2.24, 2.45) is 5.92 Å². The van der Waals surface area contributed by atoms with Gasteiger partial charge < -0.3 is 15.2 Å². The third-order valence-corrected chi connectivity index (χ3v) is 3.59. The minimum atomic E-state index is -0.511. The van der Waals surface area contributed by atoms with Gasteiger partial charge in [-0.15, -0.1) is 0 Å². The van der Waals surface area contributed by atoms with Gasteiger partial charge in [0.05, 0.1) is 12.0 Å². The first kappa shape index (κ1) is 10.6. The molecule has 1 aromatic carbocycles. The van der Waals surface area contributed by atoms with Gasteiger partial charge >= 0.3 is 0 Å². The quantitative estimate of drug-likeness (QED) is 0.776. The SMILES string of the molecule is O=C1N[C@@H](c2ccccc2O)O[C@H]2CCC[C@@H]12. The maximum atomic E-state index is 11.9. The average molecular weight is 233 g/mol. The van der Waals surface area contributed by atoms with Gasteiger partial charge in [0.2, 0.25) is 5.91 Å². The number of carbonyl (C=O) groups excluding carboxylic acids is 1. The molecule has 0 radical (unpaired) electrons. The normalized spacial score (nSPS) is 32.0. The zero-order valence-electron chi connectivity index (χ0n) is 9.43. The van der Waals surface area contributed by atoms with Crippen LogP contribution in [0.3, 0.4) is 0 Å². The van der Waals surface area contributed by atoms with Gasteiger partial charge in [-0.3, -0.25) is 4.79 Å². The van der Waals surface area contributed by atoms with Gasteiger partial charge in [0.15, 0.2) is 6.23 Å². The molecule has 1 heterocycles. The molecule has 2 aliphatic rings. The van der Waals surface area contributed by atoms with E-state index in [0.29, 0.717) is 5.56 Å². The minimum absolute atomic E-state index is 0.00268. The number of nitrogens with one attached hydrogen (secondary N) is 1. The Morgan fingerprint density at radius 2 is 2.12 bits per heavy atom. The lowest BCUT2D eigenvalue weighted by Crippen LogP contribution is -2.46. The van der Waals surface area contributed by atoms with E-state index in [0.717, 1.165) is 19.3 Å². The fourth-order valence-electron chi connectivity index (χ4n) is 2.69. The Morgan fingerprint density at radius 3 is 2.94 bits per heavy atom. The maximum Gasteiger partial charge on any atom is 0.227 e. The number of para-hydroxylation sites is 1. The number of aromatic hydroxyl groups is 1. The third-order valence-electron chi connectivity index (χ3n) is 3.59. The topological polar surface area (TPSA) is 58.6 Å². The maximum absolute atomic E-state index is 11.9. The molecule has 2 fully saturated rings. The molecule has 1 amide bonds. The van der Waals surface area contributed by atoms with Crippen molar-refractivity contribution in [1.82, 2.24) is 5.32 Å². The Bertz CT molecular complexity index is 446. The van der Waals surface area contributed by atoms with Crippen LogP contribution in [0.15, 0.2) is 24.3 Å². The average Bonchev–Trinajstić information content (AvgIpc) is 2.78. The van der Waals surface area contributed by atoms with Crippen LogP contribution in [0.5, 0.6) is 5.75 Å². The first-order chi connectivity index (χ1) is 8.25. The highest BCUT2D eigenvalue weighted by Gasteiger charge is 2.41. The van der Waals surface area contributed by atoms with E-state index in [1.807, 2.05) is 6.07 Å². The van der Waals surface area contributed by atoms with Gasteiger partial charge in [-0.1, -0.05) is 18.2 Å². The summed E-state index contributed by atoms with van der Waals surface area (Å²) >= 11 is 0. The predicted octanol–water partition coefficient (Wildman–Crippen LogP) is 1.71. The number of carbonyl (C=O) groups is 1. The number of rotatable bonds is 1. The molecule has 0 bridgehead atoms. The molecule has 3 rings (SSSR count). The Hall–Kier alpha value is -1.55. The van der Waals surface area contributed by atoms with Crippen LogP contribution in [0.2, 0.25) is 0 Å². The number of fused-ring (bicyclic) bond motifs is 1. The highest BCUT2D eigenvalue weighted by atomic mass is 16.5. The van der Waals surface area contributed by atoms with Crippen LogP contribution < -0.4 is 5.32 Å². The molecular weight excluding hydrogens is 218 g/mol. The van der Waals surface area contributed by atoms with E-state index in [1.54, 1.807) is 18.2 Å². The summed E-state index contributed by atoms with van der Waals surface area (Å²) in [5.74, 6) is 0.207. The molecule has 2 N–H and O–H groups in total. The number of ether oxygens (including phenoxy) is 1. The third kappa shape index (κ3) is 1.78. The van der Waals surface area contributed by atoms with Crippen molar-refractivity contribution < 1.29 is 14.6 Å². The van der Waals surface area contributed by atoms with Crippen molar-refractivity contribution in [1.29, 1.82) is 0 Å². The summed E-state index contributed by atoms with van der Waals surface area (Å²) in [7, 11) is 0. The van der Waals surface area contributed by atoms with Crippen LogP contribution in [-0.2, 0) is 9.53 Å². The molecule has 0 spiro atoms. The van der Waals surface area contributed by atoms with E-state index in [2.05, 4.69) is 5.32 Å². The van der Waals surface area contributed by atoms with Gasteiger partial charge in [0.1, 0.15) is 5.75 Å². The highest BCUT2D eigenvalue weighted by molar-refractivity contribution is 5.80. The second-order valence-electron chi connectivity index (χ2n) is 4.66. The number of hydrogen-bond donors (Lipinski definition) is 2. The molecular formula is C13H15NO3. The van der Waals surface area contributed by atoms with Crippen LogP contribution in [0.1, 0.15) is 31.1 Å². The lowest BCUT2D eigenvalue weighted by molar-refractivity contribution is -0.150. The number of hydrogen-bond acceptors (Lipinski definition) is 3. The van der Waals surface area contributed by atoms with Crippen molar-refractivity contribution in [2.45, 2.75) is 31.6 Å². The largest absolute Gasteiger partial charge is 0.507 e. The second-order valence-corrected chi connectivity index (χ2v) is 4.66. The molecule has 4 nitrogen and oxygen atoms in total. The summed E-state index contributed by atoms with van der Waals surface area (Å²) in [4.78, 5) is 11.9. The second kappa shape index (κ2) is 4.04. The summed E-state index contributed by atoms with van der Waals surface area (Å²) in [5, 5.41) is 12.6. The Labute approximate surface area is 99.6 Å². The standard InChI is InChI=1S/C13H15NO3/c15-10-6-2-1-4-8(10)13-14-12(16)9-5-3-7-11(9)17-13/h1-2,4,6,9,11,13,15H,3,5,7H2,(H,14,16)/t9-,11+,13-/m1/s1. The Balaban J connectivity index is 1.86. The Morgan fingerprint density at radius 1 is 1.29 bits per heavy atom. The number of phenolic OH excluding ortho intramolecular Hbond substituents is 1. The van der Waals surface area contributed by atoms with Crippen LogP contribution >= 0.6 is 0 Å². The number of amides is 1. The van der Waals surface area contributed by atoms with Gasteiger partial charge in [-0.25, -0.2) is 0 Å². The Kier molecular flexibility index (Phi) is 2.52. The lowest BCUT2D eigenvalue weighted by Gasteiger charge is -2.33. The molecule has 4 heteroatoms. The first-order valence-corrected chi connectivity index (χ1v) is 5.99. The number of benzene rings is 1. The summed E-state index contributed by atoms with van der Waals surface area (Å²) < 4.78 is 5.86. The smallest absolute Gasteiger partial charge is 0.227 e. The summed E-state index contributed by atoms with van der Waals surface area (Å²) in [6.45, 7) is 0. The molecule has 0 aromatic heterocycles.